The molecule has 1 saturated heterocycles. The Balaban J connectivity index is 2.22. The van der Waals surface area contributed by atoms with Crippen molar-refractivity contribution in [3.63, 3.8) is 0 Å². The molecule has 1 rings (SSSR count). The molecule has 0 radical (unpaired) electrons. The fourth-order valence-corrected chi connectivity index (χ4v) is 2.19. The second-order valence-electron chi connectivity index (χ2n) is 5.46. The molecule has 0 N–H and O–H groups in total. The Labute approximate surface area is 83.5 Å². The number of rotatable bonds is 4. The molecule has 0 saturated carbocycles. The summed E-state index contributed by atoms with van der Waals surface area (Å²) in [5, 5.41) is 0. The molecule has 1 nitrogen and oxygen atoms in total. The van der Waals surface area contributed by atoms with Crippen molar-refractivity contribution in [1.82, 2.24) is 4.90 Å². The summed E-state index contributed by atoms with van der Waals surface area (Å²) in [5.41, 5.74) is 0.500. The van der Waals surface area contributed by atoms with E-state index in [0.29, 0.717) is 5.41 Å². The van der Waals surface area contributed by atoms with E-state index in [1.165, 1.54) is 38.9 Å². The first kappa shape index (κ1) is 11.0. The molecule has 1 heterocycles. The van der Waals surface area contributed by atoms with Crippen LogP contribution in [0.25, 0.3) is 0 Å². The molecule has 0 aromatic carbocycles. The van der Waals surface area contributed by atoms with Gasteiger partial charge in [-0.05, 0) is 43.8 Å². The van der Waals surface area contributed by atoms with Crippen LogP contribution in [0, 0.1) is 11.3 Å². The maximum absolute atomic E-state index is 2.58. The second kappa shape index (κ2) is 4.45. The van der Waals surface area contributed by atoms with E-state index in [1.54, 1.807) is 0 Å². The van der Waals surface area contributed by atoms with Crippen molar-refractivity contribution < 1.29 is 0 Å². The quantitative estimate of drug-likeness (QED) is 0.647. The lowest BCUT2D eigenvalue weighted by Gasteiger charge is -2.35. The molecular formula is C12H25N. The van der Waals surface area contributed by atoms with Gasteiger partial charge in [0.05, 0.1) is 0 Å². The van der Waals surface area contributed by atoms with E-state index in [9.17, 15) is 0 Å². The fraction of sp³-hybridized carbons (Fsp3) is 1.00. The highest BCUT2D eigenvalue weighted by Gasteiger charge is 2.24. The lowest BCUT2D eigenvalue weighted by atomic mass is 9.77. The minimum absolute atomic E-state index is 0.500. The molecule has 0 amide bonds. The second-order valence-corrected chi connectivity index (χ2v) is 5.46. The zero-order chi connectivity index (χ0) is 9.90. The van der Waals surface area contributed by atoms with Gasteiger partial charge in [-0.3, -0.25) is 0 Å². The molecule has 0 aliphatic carbocycles. The van der Waals surface area contributed by atoms with E-state index in [0.717, 1.165) is 5.92 Å². The molecule has 78 valence electrons. The predicted octanol–water partition coefficient (Wildman–Crippen LogP) is 3.15. The SMILES string of the molecule is CC[C@@H](CCN1CCC1)C(C)(C)C. The summed E-state index contributed by atoms with van der Waals surface area (Å²) < 4.78 is 0. The molecule has 1 aliphatic heterocycles. The first-order valence-corrected chi connectivity index (χ1v) is 5.76. The maximum Gasteiger partial charge on any atom is -0.000654 e. The average Bonchev–Trinajstić information content (AvgIpc) is 1.91. The van der Waals surface area contributed by atoms with Crippen molar-refractivity contribution in [2.24, 2.45) is 11.3 Å². The fourth-order valence-electron chi connectivity index (χ4n) is 2.19. The zero-order valence-electron chi connectivity index (χ0n) is 9.77. The van der Waals surface area contributed by atoms with Crippen LogP contribution in [0.3, 0.4) is 0 Å². The third-order valence-electron chi connectivity index (χ3n) is 3.46. The molecule has 0 aromatic heterocycles. The van der Waals surface area contributed by atoms with Crippen LogP contribution in [0.2, 0.25) is 0 Å². The van der Waals surface area contributed by atoms with Crippen LogP contribution >= 0.6 is 0 Å². The van der Waals surface area contributed by atoms with Crippen molar-refractivity contribution in [2.75, 3.05) is 19.6 Å². The van der Waals surface area contributed by atoms with E-state index >= 15 is 0 Å². The smallest absolute Gasteiger partial charge is 0.000654 e. The van der Waals surface area contributed by atoms with Gasteiger partial charge in [0.2, 0.25) is 0 Å². The van der Waals surface area contributed by atoms with Gasteiger partial charge in [0.1, 0.15) is 0 Å². The van der Waals surface area contributed by atoms with E-state index in [4.69, 9.17) is 0 Å². The van der Waals surface area contributed by atoms with Gasteiger partial charge in [0, 0.05) is 0 Å². The molecule has 1 aliphatic rings. The Morgan fingerprint density at radius 1 is 1.23 bits per heavy atom. The number of hydrogen-bond donors (Lipinski definition) is 0. The summed E-state index contributed by atoms with van der Waals surface area (Å²) in [6.07, 6.45) is 4.14. The number of likely N-dealkylation sites (tertiary alicyclic amines) is 1. The molecule has 13 heavy (non-hydrogen) atoms. The van der Waals surface area contributed by atoms with Crippen LogP contribution in [-0.4, -0.2) is 24.5 Å². The maximum atomic E-state index is 2.58. The average molecular weight is 183 g/mol. The van der Waals surface area contributed by atoms with Crippen molar-refractivity contribution in [1.29, 1.82) is 0 Å². The standard InChI is InChI=1S/C12H25N/c1-5-11(12(2,3)4)7-10-13-8-6-9-13/h11H,5-10H2,1-4H3/t11-/m0/s1. The van der Waals surface area contributed by atoms with E-state index in [2.05, 4.69) is 32.6 Å². The summed E-state index contributed by atoms with van der Waals surface area (Å²) in [5.74, 6) is 0.896. The van der Waals surface area contributed by atoms with Crippen molar-refractivity contribution >= 4 is 0 Å². The lowest BCUT2D eigenvalue weighted by Crippen LogP contribution is -2.39. The van der Waals surface area contributed by atoms with Crippen molar-refractivity contribution in [3.05, 3.63) is 0 Å². The van der Waals surface area contributed by atoms with Gasteiger partial charge < -0.3 is 4.90 Å². The summed E-state index contributed by atoms with van der Waals surface area (Å²) in [6.45, 7) is 13.5. The monoisotopic (exact) mass is 183 g/mol. The predicted molar refractivity (Wildman–Crippen MR) is 58.9 cm³/mol. The number of hydrogen-bond acceptors (Lipinski definition) is 1. The van der Waals surface area contributed by atoms with Crippen LogP contribution in [-0.2, 0) is 0 Å². The minimum Gasteiger partial charge on any atom is -0.303 e. The largest absolute Gasteiger partial charge is 0.303 e. The Kier molecular flexibility index (Phi) is 3.78. The van der Waals surface area contributed by atoms with Crippen LogP contribution in [0.1, 0.15) is 47.0 Å². The van der Waals surface area contributed by atoms with E-state index in [-0.39, 0.29) is 0 Å². The molecule has 1 atom stereocenters. The normalized spacial score (nSPS) is 21.2. The molecular weight excluding hydrogens is 158 g/mol. The summed E-state index contributed by atoms with van der Waals surface area (Å²) >= 11 is 0. The third kappa shape index (κ3) is 3.30. The van der Waals surface area contributed by atoms with Crippen molar-refractivity contribution in [2.45, 2.75) is 47.0 Å². The van der Waals surface area contributed by atoms with Gasteiger partial charge in [-0.1, -0.05) is 34.1 Å². The van der Waals surface area contributed by atoms with Crippen molar-refractivity contribution in [3.8, 4) is 0 Å². The van der Waals surface area contributed by atoms with Crippen LogP contribution in [0.15, 0.2) is 0 Å². The highest BCUT2D eigenvalue weighted by molar-refractivity contribution is 4.76. The Morgan fingerprint density at radius 2 is 1.85 bits per heavy atom. The zero-order valence-corrected chi connectivity index (χ0v) is 9.77. The molecule has 0 unspecified atom stereocenters. The van der Waals surface area contributed by atoms with Gasteiger partial charge in [0.25, 0.3) is 0 Å². The first-order chi connectivity index (χ1) is 6.04. The van der Waals surface area contributed by atoms with Gasteiger partial charge in [-0.2, -0.15) is 0 Å². The van der Waals surface area contributed by atoms with Crippen LogP contribution < -0.4 is 0 Å². The Morgan fingerprint density at radius 3 is 2.15 bits per heavy atom. The van der Waals surface area contributed by atoms with Gasteiger partial charge >= 0.3 is 0 Å². The molecule has 0 spiro atoms. The highest BCUT2D eigenvalue weighted by atomic mass is 15.2. The van der Waals surface area contributed by atoms with Crippen LogP contribution in [0.4, 0.5) is 0 Å². The van der Waals surface area contributed by atoms with Gasteiger partial charge in [-0.25, -0.2) is 0 Å². The molecule has 1 fully saturated rings. The number of nitrogens with zero attached hydrogens (tertiary/aromatic N) is 1. The van der Waals surface area contributed by atoms with Gasteiger partial charge in [-0.15, -0.1) is 0 Å². The first-order valence-electron chi connectivity index (χ1n) is 5.76. The Bertz CT molecular complexity index is 142. The molecule has 0 aromatic rings. The molecule has 0 bridgehead atoms. The summed E-state index contributed by atoms with van der Waals surface area (Å²) in [6, 6.07) is 0. The topological polar surface area (TPSA) is 3.24 Å². The lowest BCUT2D eigenvalue weighted by molar-refractivity contribution is 0.137. The summed E-state index contributed by atoms with van der Waals surface area (Å²) in [7, 11) is 0. The van der Waals surface area contributed by atoms with E-state index in [1.807, 2.05) is 0 Å². The van der Waals surface area contributed by atoms with Gasteiger partial charge in [0.15, 0.2) is 0 Å². The highest BCUT2D eigenvalue weighted by Crippen LogP contribution is 2.31. The summed E-state index contributed by atoms with van der Waals surface area (Å²) in [4.78, 5) is 2.58. The van der Waals surface area contributed by atoms with Crippen LogP contribution in [0.5, 0.6) is 0 Å². The van der Waals surface area contributed by atoms with E-state index < -0.39 is 0 Å². The Hall–Kier alpha value is -0.0400. The minimum atomic E-state index is 0.500. The molecule has 1 heteroatoms. The third-order valence-corrected chi connectivity index (χ3v) is 3.46.